The Morgan fingerprint density at radius 3 is 1.98 bits per heavy atom. The Balaban J connectivity index is 1.33. The monoisotopic (exact) mass is 687 g/mol. The number of carboxylic acid groups (broad SMARTS) is 1. The van der Waals surface area contributed by atoms with Gasteiger partial charge in [-0.05, 0) is 35.4 Å². The van der Waals surface area contributed by atoms with Crippen LogP contribution in [0.15, 0.2) is 109 Å². The average Bonchev–Trinajstić information content (AvgIpc) is 3.14. The molecule has 0 saturated carbocycles. The van der Waals surface area contributed by atoms with Crippen LogP contribution in [0.1, 0.15) is 31.8 Å². The number of carbonyl (C=O) groups is 3. The third-order valence-corrected chi connectivity index (χ3v) is 7.57. The molecule has 5 atom stereocenters. The van der Waals surface area contributed by atoms with Crippen molar-refractivity contribution in [2.45, 2.75) is 43.9 Å². The molecule has 14 heteroatoms. The van der Waals surface area contributed by atoms with E-state index in [2.05, 4.69) is 0 Å². The van der Waals surface area contributed by atoms with Crippen LogP contribution in [0.2, 0.25) is 0 Å². The van der Waals surface area contributed by atoms with Crippen molar-refractivity contribution >= 4 is 23.6 Å². The van der Waals surface area contributed by atoms with Gasteiger partial charge in [-0.2, -0.15) is 0 Å². The van der Waals surface area contributed by atoms with Gasteiger partial charge in [0.15, 0.2) is 24.8 Å². The first-order chi connectivity index (χ1) is 24.2. The van der Waals surface area contributed by atoms with Crippen molar-refractivity contribution in [1.29, 1.82) is 0 Å². The third kappa shape index (κ3) is 9.48. The molecule has 0 aromatic heterocycles. The number of hydrogen-bond donors (Lipinski definition) is 2. The van der Waals surface area contributed by atoms with Crippen LogP contribution in [0.5, 0.6) is 5.75 Å². The fourth-order valence-electron chi connectivity index (χ4n) is 5.05. The summed E-state index contributed by atoms with van der Waals surface area (Å²) in [5.74, 6) is -3.41. The highest BCUT2D eigenvalue weighted by Gasteiger charge is 2.49. The number of carbonyl (C=O) groups excluding carboxylic acids is 2. The summed E-state index contributed by atoms with van der Waals surface area (Å²) in [6.07, 6.45) is -6.55. The Bertz CT molecular complexity index is 1750. The van der Waals surface area contributed by atoms with Crippen LogP contribution in [0, 0.1) is 10.1 Å². The lowest BCUT2D eigenvalue weighted by Gasteiger charge is -2.43. The Morgan fingerprint density at radius 1 is 0.780 bits per heavy atom. The first kappa shape index (κ1) is 35.6. The normalized spacial score (nSPS) is 20.0. The Kier molecular flexibility index (Phi) is 12.2. The van der Waals surface area contributed by atoms with E-state index in [4.69, 9.17) is 33.5 Å². The molecule has 14 nitrogen and oxygen atoms in total. The highest BCUT2D eigenvalue weighted by atomic mass is 16.7. The number of esters is 2. The van der Waals surface area contributed by atoms with E-state index in [1.807, 2.05) is 60.7 Å². The Hall–Kier alpha value is -5.67. The number of aliphatic hydroxyl groups excluding tert-OH is 1. The van der Waals surface area contributed by atoms with E-state index in [1.165, 1.54) is 0 Å². The summed E-state index contributed by atoms with van der Waals surface area (Å²) < 4.78 is 34.7. The summed E-state index contributed by atoms with van der Waals surface area (Å²) in [6.45, 7) is -1.22. The number of nitro benzene ring substituents is 1. The minimum absolute atomic E-state index is 0.0182. The summed E-state index contributed by atoms with van der Waals surface area (Å²) in [6, 6.07) is 29.3. The molecule has 2 unspecified atom stereocenters. The second-order valence-electron chi connectivity index (χ2n) is 11.0. The molecule has 1 aliphatic heterocycles. The highest BCUT2D eigenvalue weighted by Crippen LogP contribution is 2.30. The maximum atomic E-state index is 13.1. The molecule has 260 valence electrons. The number of carboxylic acids is 1. The largest absolute Gasteiger partial charge is 0.478 e. The van der Waals surface area contributed by atoms with Gasteiger partial charge in [0.25, 0.3) is 0 Å². The molecular weight excluding hydrogens is 654 g/mol. The van der Waals surface area contributed by atoms with Gasteiger partial charge in [-0.15, -0.1) is 0 Å². The van der Waals surface area contributed by atoms with Gasteiger partial charge in [-0.3, -0.25) is 10.1 Å². The number of benzene rings is 4. The number of hydrogen-bond acceptors (Lipinski definition) is 12. The molecule has 0 aliphatic carbocycles. The highest BCUT2D eigenvalue weighted by molar-refractivity contribution is 5.89. The molecule has 1 fully saturated rings. The van der Waals surface area contributed by atoms with Crippen molar-refractivity contribution in [2.75, 3.05) is 13.2 Å². The summed E-state index contributed by atoms with van der Waals surface area (Å²) in [5.41, 5.74) is 0.779. The molecule has 1 saturated heterocycles. The van der Waals surface area contributed by atoms with Gasteiger partial charge in [-0.25, -0.2) is 14.4 Å². The molecule has 1 aliphatic rings. The zero-order chi connectivity index (χ0) is 35.5. The Morgan fingerprint density at radius 2 is 1.38 bits per heavy atom. The van der Waals surface area contributed by atoms with Crippen molar-refractivity contribution in [3.8, 4) is 5.75 Å². The van der Waals surface area contributed by atoms with Gasteiger partial charge in [0.05, 0.1) is 29.3 Å². The predicted octanol–water partition coefficient (Wildman–Crippen LogP) is 4.33. The summed E-state index contributed by atoms with van der Waals surface area (Å²) in [4.78, 5) is 47.8. The molecule has 0 bridgehead atoms. The van der Waals surface area contributed by atoms with Crippen molar-refractivity contribution in [2.24, 2.45) is 0 Å². The predicted molar refractivity (Wildman–Crippen MR) is 173 cm³/mol. The number of ether oxygens (including phenoxy) is 6. The van der Waals surface area contributed by atoms with Gasteiger partial charge in [0.1, 0.15) is 24.9 Å². The second kappa shape index (κ2) is 17.1. The van der Waals surface area contributed by atoms with Crippen molar-refractivity contribution in [1.82, 2.24) is 0 Å². The number of rotatable bonds is 15. The average molecular weight is 688 g/mol. The SMILES string of the molecule is O=C(COc1ccc(C(=O)O)cc1[N+](=O)[O-])OCC1O[C@@H](OCc2ccccc2)C(OC(=O)c2ccccc2)[C@@H](O)[C@H]1OCc1ccccc1. The van der Waals surface area contributed by atoms with Crippen molar-refractivity contribution in [3.05, 3.63) is 142 Å². The minimum Gasteiger partial charge on any atom is -0.478 e. The second-order valence-corrected chi connectivity index (χ2v) is 11.0. The molecule has 2 N–H and O–H groups in total. The van der Waals surface area contributed by atoms with Gasteiger partial charge < -0.3 is 38.6 Å². The van der Waals surface area contributed by atoms with E-state index in [1.54, 1.807) is 30.3 Å². The van der Waals surface area contributed by atoms with Crippen LogP contribution in [0.25, 0.3) is 0 Å². The first-order valence-corrected chi connectivity index (χ1v) is 15.4. The van der Waals surface area contributed by atoms with Gasteiger partial charge >= 0.3 is 23.6 Å². The topological polar surface area (TPSA) is 190 Å². The zero-order valence-corrected chi connectivity index (χ0v) is 26.4. The number of aromatic carboxylic acids is 1. The minimum atomic E-state index is -1.52. The van der Waals surface area contributed by atoms with E-state index in [-0.39, 0.29) is 30.1 Å². The van der Waals surface area contributed by atoms with Crippen LogP contribution in [-0.2, 0) is 41.7 Å². The smallest absolute Gasteiger partial charge is 0.344 e. The lowest BCUT2D eigenvalue weighted by Crippen LogP contribution is -2.61. The lowest BCUT2D eigenvalue weighted by molar-refractivity contribution is -0.385. The third-order valence-electron chi connectivity index (χ3n) is 7.57. The summed E-state index contributed by atoms with van der Waals surface area (Å²) >= 11 is 0. The number of aliphatic hydroxyl groups is 1. The zero-order valence-electron chi connectivity index (χ0n) is 26.4. The van der Waals surface area contributed by atoms with Crippen LogP contribution in [-0.4, -0.2) is 77.0 Å². The molecular formula is C36H33NO13. The fraction of sp³-hybridized carbons (Fsp3) is 0.250. The van der Waals surface area contributed by atoms with Crippen LogP contribution in [0.3, 0.4) is 0 Å². The number of nitro groups is 1. The van der Waals surface area contributed by atoms with E-state index in [9.17, 15) is 29.6 Å². The number of nitrogens with zero attached hydrogens (tertiary/aromatic N) is 1. The quantitative estimate of drug-likeness (QED) is 0.102. The fourth-order valence-corrected chi connectivity index (χ4v) is 5.05. The van der Waals surface area contributed by atoms with Crippen LogP contribution < -0.4 is 4.74 Å². The van der Waals surface area contributed by atoms with E-state index in [0.29, 0.717) is 0 Å². The molecule has 0 amide bonds. The van der Waals surface area contributed by atoms with E-state index >= 15 is 0 Å². The van der Waals surface area contributed by atoms with Crippen molar-refractivity contribution in [3.63, 3.8) is 0 Å². The van der Waals surface area contributed by atoms with Crippen LogP contribution >= 0.6 is 0 Å². The molecule has 0 spiro atoms. The molecule has 4 aromatic carbocycles. The standard InChI is InChI=1S/C36H33NO13/c38-30(22-45-28-17-16-26(34(40)41)18-27(28)37(43)44)46-21-29-32(47-19-23-10-4-1-5-11-23)31(39)33(50-35(42)25-14-8-3-9-15-25)36(49-29)48-20-24-12-6-2-7-13-24/h1-18,29,31-33,36,39H,19-22H2,(H,40,41)/t29?,31-,32-,33?,36+/m0/s1. The molecule has 1 heterocycles. The molecule has 4 aromatic rings. The van der Waals surface area contributed by atoms with Gasteiger partial charge in [0, 0.05) is 6.07 Å². The molecule has 0 radical (unpaired) electrons. The summed E-state index contributed by atoms with van der Waals surface area (Å²) in [5, 5.41) is 32.3. The first-order valence-electron chi connectivity index (χ1n) is 15.4. The van der Waals surface area contributed by atoms with E-state index in [0.717, 1.165) is 29.3 Å². The maximum absolute atomic E-state index is 13.1. The van der Waals surface area contributed by atoms with Crippen molar-refractivity contribution < 1.29 is 57.9 Å². The molecule has 5 rings (SSSR count). The Labute approximate surface area is 285 Å². The summed E-state index contributed by atoms with van der Waals surface area (Å²) in [7, 11) is 0. The van der Waals surface area contributed by atoms with Crippen LogP contribution in [0.4, 0.5) is 5.69 Å². The lowest BCUT2D eigenvalue weighted by atomic mass is 9.98. The van der Waals surface area contributed by atoms with Gasteiger partial charge in [0.2, 0.25) is 0 Å². The van der Waals surface area contributed by atoms with E-state index < -0.39 is 72.4 Å². The van der Waals surface area contributed by atoms with Gasteiger partial charge in [-0.1, -0.05) is 78.9 Å². The maximum Gasteiger partial charge on any atom is 0.344 e. The molecule has 50 heavy (non-hydrogen) atoms.